The van der Waals surface area contributed by atoms with Gasteiger partial charge in [0.15, 0.2) is 0 Å². The SMILES string of the molecule is CNC(C)c1cnn(Cc2cccc(Br)c2)c1C. The van der Waals surface area contributed by atoms with Crippen molar-refractivity contribution >= 4 is 15.9 Å². The predicted molar refractivity (Wildman–Crippen MR) is 77.7 cm³/mol. The van der Waals surface area contributed by atoms with Crippen molar-refractivity contribution in [2.24, 2.45) is 0 Å². The van der Waals surface area contributed by atoms with Crippen molar-refractivity contribution < 1.29 is 0 Å². The highest BCUT2D eigenvalue weighted by Gasteiger charge is 2.11. The van der Waals surface area contributed by atoms with Crippen LogP contribution < -0.4 is 5.32 Å². The van der Waals surface area contributed by atoms with Gasteiger partial charge in [0, 0.05) is 21.8 Å². The maximum absolute atomic E-state index is 4.47. The summed E-state index contributed by atoms with van der Waals surface area (Å²) in [5, 5.41) is 7.72. The van der Waals surface area contributed by atoms with E-state index in [4.69, 9.17) is 0 Å². The number of aromatic nitrogens is 2. The Bertz CT molecular complexity index is 534. The summed E-state index contributed by atoms with van der Waals surface area (Å²) in [7, 11) is 1.97. The van der Waals surface area contributed by atoms with Crippen molar-refractivity contribution in [2.45, 2.75) is 26.4 Å². The minimum absolute atomic E-state index is 0.334. The molecule has 1 aromatic carbocycles. The van der Waals surface area contributed by atoms with Gasteiger partial charge >= 0.3 is 0 Å². The minimum Gasteiger partial charge on any atom is -0.313 e. The Balaban J connectivity index is 2.22. The van der Waals surface area contributed by atoms with E-state index in [0.717, 1.165) is 11.0 Å². The van der Waals surface area contributed by atoms with Crippen molar-refractivity contribution in [1.29, 1.82) is 0 Å². The Morgan fingerprint density at radius 1 is 1.44 bits per heavy atom. The molecule has 0 bridgehead atoms. The summed E-state index contributed by atoms with van der Waals surface area (Å²) in [5.41, 5.74) is 3.73. The van der Waals surface area contributed by atoms with Gasteiger partial charge in [0.1, 0.15) is 0 Å². The molecule has 1 heterocycles. The third-order valence-corrected chi connectivity index (χ3v) is 3.76. The third-order valence-electron chi connectivity index (χ3n) is 3.26. The van der Waals surface area contributed by atoms with Crippen molar-refractivity contribution in [3.8, 4) is 0 Å². The number of hydrogen-bond acceptors (Lipinski definition) is 2. The van der Waals surface area contributed by atoms with Crippen LogP contribution in [0.5, 0.6) is 0 Å². The lowest BCUT2D eigenvalue weighted by Gasteiger charge is -2.10. The highest BCUT2D eigenvalue weighted by molar-refractivity contribution is 9.10. The van der Waals surface area contributed by atoms with Crippen LogP contribution in [0.3, 0.4) is 0 Å². The summed E-state index contributed by atoms with van der Waals surface area (Å²) in [4.78, 5) is 0. The molecular formula is C14H18BrN3. The zero-order valence-electron chi connectivity index (χ0n) is 10.9. The molecule has 0 saturated heterocycles. The van der Waals surface area contributed by atoms with E-state index in [2.05, 4.69) is 58.4 Å². The first-order valence-electron chi connectivity index (χ1n) is 6.06. The molecule has 0 fully saturated rings. The Morgan fingerprint density at radius 3 is 2.89 bits per heavy atom. The van der Waals surface area contributed by atoms with Crippen LogP contribution in [0.15, 0.2) is 34.9 Å². The first-order valence-corrected chi connectivity index (χ1v) is 6.85. The molecule has 0 amide bonds. The topological polar surface area (TPSA) is 29.9 Å². The van der Waals surface area contributed by atoms with E-state index < -0.39 is 0 Å². The lowest BCUT2D eigenvalue weighted by atomic mass is 10.1. The third kappa shape index (κ3) is 2.82. The van der Waals surface area contributed by atoms with E-state index in [1.54, 1.807) is 0 Å². The highest BCUT2D eigenvalue weighted by atomic mass is 79.9. The molecule has 0 radical (unpaired) electrons. The molecule has 2 rings (SSSR count). The number of halogens is 1. The van der Waals surface area contributed by atoms with E-state index in [9.17, 15) is 0 Å². The number of nitrogens with one attached hydrogen (secondary N) is 1. The molecule has 0 spiro atoms. The molecule has 0 aliphatic rings. The monoisotopic (exact) mass is 307 g/mol. The van der Waals surface area contributed by atoms with E-state index in [0.29, 0.717) is 6.04 Å². The Labute approximate surface area is 116 Å². The number of benzene rings is 1. The second-order valence-corrected chi connectivity index (χ2v) is 5.40. The van der Waals surface area contributed by atoms with Gasteiger partial charge in [-0.25, -0.2) is 0 Å². The summed E-state index contributed by atoms with van der Waals surface area (Å²) in [6.45, 7) is 5.07. The molecule has 4 heteroatoms. The van der Waals surface area contributed by atoms with E-state index in [-0.39, 0.29) is 0 Å². The van der Waals surface area contributed by atoms with Crippen molar-refractivity contribution in [2.75, 3.05) is 7.05 Å². The van der Waals surface area contributed by atoms with E-state index in [1.165, 1.54) is 16.8 Å². The maximum Gasteiger partial charge on any atom is 0.0662 e. The maximum atomic E-state index is 4.47. The van der Waals surface area contributed by atoms with Gasteiger partial charge in [-0.1, -0.05) is 28.1 Å². The van der Waals surface area contributed by atoms with Gasteiger partial charge in [0.25, 0.3) is 0 Å². The Hall–Kier alpha value is -1.13. The largest absolute Gasteiger partial charge is 0.313 e. The highest BCUT2D eigenvalue weighted by Crippen LogP contribution is 2.18. The number of hydrogen-bond donors (Lipinski definition) is 1. The standard InChI is InChI=1S/C14H18BrN3/c1-10(16-3)14-8-17-18(11(14)2)9-12-5-4-6-13(15)7-12/h4-8,10,16H,9H2,1-3H3. The molecule has 0 aliphatic heterocycles. The lowest BCUT2D eigenvalue weighted by Crippen LogP contribution is -2.13. The molecule has 18 heavy (non-hydrogen) atoms. The molecule has 0 saturated carbocycles. The van der Waals surface area contributed by atoms with Crippen LogP contribution >= 0.6 is 15.9 Å². The second kappa shape index (κ2) is 5.67. The average Bonchev–Trinajstić information content (AvgIpc) is 2.70. The van der Waals surface area contributed by atoms with Crippen LogP contribution in [0.2, 0.25) is 0 Å². The van der Waals surface area contributed by atoms with Gasteiger partial charge in [0.2, 0.25) is 0 Å². The smallest absolute Gasteiger partial charge is 0.0662 e. The fraction of sp³-hybridized carbons (Fsp3) is 0.357. The minimum atomic E-state index is 0.334. The van der Waals surface area contributed by atoms with E-state index >= 15 is 0 Å². The molecule has 0 aliphatic carbocycles. The van der Waals surface area contributed by atoms with Crippen molar-refractivity contribution in [3.05, 3.63) is 51.8 Å². The zero-order valence-corrected chi connectivity index (χ0v) is 12.5. The fourth-order valence-electron chi connectivity index (χ4n) is 2.01. The first-order chi connectivity index (χ1) is 8.61. The average molecular weight is 308 g/mol. The summed E-state index contributed by atoms with van der Waals surface area (Å²) < 4.78 is 3.15. The Morgan fingerprint density at radius 2 is 2.22 bits per heavy atom. The van der Waals surface area contributed by atoms with Gasteiger partial charge in [-0.2, -0.15) is 5.10 Å². The van der Waals surface area contributed by atoms with Crippen LogP contribution in [-0.4, -0.2) is 16.8 Å². The van der Waals surface area contributed by atoms with Gasteiger partial charge in [-0.05, 0) is 38.6 Å². The summed E-state index contributed by atoms with van der Waals surface area (Å²) in [6, 6.07) is 8.67. The molecule has 1 unspecified atom stereocenters. The summed E-state index contributed by atoms with van der Waals surface area (Å²) in [5.74, 6) is 0. The van der Waals surface area contributed by atoms with Crippen molar-refractivity contribution in [1.82, 2.24) is 15.1 Å². The molecule has 1 atom stereocenters. The van der Waals surface area contributed by atoms with Gasteiger partial charge < -0.3 is 5.32 Å². The number of nitrogens with zero attached hydrogens (tertiary/aromatic N) is 2. The van der Waals surface area contributed by atoms with Crippen LogP contribution in [0.1, 0.15) is 29.8 Å². The summed E-state index contributed by atoms with van der Waals surface area (Å²) in [6.07, 6.45) is 1.95. The predicted octanol–water partition coefficient (Wildman–Crippen LogP) is 3.28. The molecule has 2 aromatic rings. The number of rotatable bonds is 4. The van der Waals surface area contributed by atoms with Gasteiger partial charge in [-0.3, -0.25) is 4.68 Å². The molecule has 3 nitrogen and oxygen atoms in total. The molecule has 1 aromatic heterocycles. The molecule has 96 valence electrons. The van der Waals surface area contributed by atoms with Crippen LogP contribution in [-0.2, 0) is 6.54 Å². The molecular weight excluding hydrogens is 290 g/mol. The second-order valence-electron chi connectivity index (χ2n) is 4.48. The van der Waals surface area contributed by atoms with Crippen LogP contribution in [0.4, 0.5) is 0 Å². The summed E-state index contributed by atoms with van der Waals surface area (Å²) >= 11 is 3.49. The van der Waals surface area contributed by atoms with Gasteiger partial charge in [0.05, 0.1) is 12.7 Å². The van der Waals surface area contributed by atoms with Gasteiger partial charge in [-0.15, -0.1) is 0 Å². The first kappa shape index (κ1) is 13.3. The van der Waals surface area contributed by atoms with E-state index in [1.807, 2.05) is 24.0 Å². The zero-order chi connectivity index (χ0) is 13.1. The van der Waals surface area contributed by atoms with Crippen LogP contribution in [0.25, 0.3) is 0 Å². The van der Waals surface area contributed by atoms with Crippen molar-refractivity contribution in [3.63, 3.8) is 0 Å². The lowest BCUT2D eigenvalue weighted by molar-refractivity contribution is 0.632. The molecule has 1 N–H and O–H groups in total. The van der Waals surface area contributed by atoms with Crippen LogP contribution in [0, 0.1) is 6.92 Å². The quantitative estimate of drug-likeness (QED) is 0.939. The normalized spacial score (nSPS) is 12.7. The Kier molecular flexibility index (Phi) is 4.19. The fourth-order valence-corrected chi connectivity index (χ4v) is 2.46.